The van der Waals surface area contributed by atoms with Gasteiger partial charge >= 0.3 is 0 Å². The van der Waals surface area contributed by atoms with E-state index in [0.29, 0.717) is 5.56 Å². The van der Waals surface area contributed by atoms with Gasteiger partial charge in [-0.3, -0.25) is 0 Å². The first kappa shape index (κ1) is 9.65. The van der Waals surface area contributed by atoms with E-state index in [1.165, 1.54) is 18.2 Å². The predicted molar refractivity (Wildman–Crippen MR) is 51.3 cm³/mol. The molecule has 0 amide bonds. The van der Waals surface area contributed by atoms with Gasteiger partial charge in [-0.1, -0.05) is 0 Å². The molecule has 1 saturated carbocycles. The molecule has 0 spiro atoms. The minimum atomic E-state index is -3.17. The second-order valence-electron chi connectivity index (χ2n) is 3.66. The molecule has 0 N–H and O–H groups in total. The van der Waals surface area contributed by atoms with Crippen LogP contribution in [0.15, 0.2) is 23.1 Å². The van der Waals surface area contributed by atoms with Crippen molar-refractivity contribution >= 4 is 9.84 Å². The van der Waals surface area contributed by atoms with Crippen LogP contribution in [0.5, 0.6) is 0 Å². The molecule has 0 aliphatic heterocycles. The second-order valence-corrected chi connectivity index (χ2v) is 5.88. The van der Waals surface area contributed by atoms with E-state index in [4.69, 9.17) is 0 Å². The van der Waals surface area contributed by atoms with Crippen molar-refractivity contribution in [1.29, 1.82) is 0 Å². The molecule has 0 radical (unpaired) electrons. The minimum absolute atomic E-state index is 0.229. The van der Waals surface area contributed by atoms with Gasteiger partial charge in [-0.15, -0.1) is 0 Å². The smallest absolute Gasteiger partial charge is 0.181 e. The quantitative estimate of drug-likeness (QED) is 0.706. The summed E-state index contributed by atoms with van der Waals surface area (Å²) in [6.07, 6.45) is 1.47. The Morgan fingerprint density at radius 3 is 2.50 bits per heavy atom. The van der Waals surface area contributed by atoms with Crippen LogP contribution < -0.4 is 0 Å². The van der Waals surface area contributed by atoms with Gasteiger partial charge in [0.1, 0.15) is 5.82 Å². The van der Waals surface area contributed by atoms with Crippen molar-refractivity contribution in [2.24, 2.45) is 0 Å². The lowest BCUT2D eigenvalue weighted by molar-refractivity contribution is 0.592. The van der Waals surface area contributed by atoms with Gasteiger partial charge in [0, 0.05) is 0 Å². The fourth-order valence-corrected chi connectivity index (χ4v) is 3.11. The second kappa shape index (κ2) is 3.05. The Bertz CT molecular complexity index is 461. The highest BCUT2D eigenvalue weighted by atomic mass is 32.2. The van der Waals surface area contributed by atoms with Crippen LogP contribution in [0.1, 0.15) is 18.4 Å². The molecule has 2 nitrogen and oxygen atoms in total. The maximum atomic E-state index is 12.9. The summed E-state index contributed by atoms with van der Waals surface area (Å²) in [6.45, 7) is 1.57. The van der Waals surface area contributed by atoms with Crippen molar-refractivity contribution in [2.75, 3.05) is 0 Å². The maximum Gasteiger partial charge on any atom is 0.181 e. The Balaban J connectivity index is 2.46. The normalized spacial score (nSPS) is 17.0. The Morgan fingerprint density at radius 2 is 2.00 bits per heavy atom. The highest BCUT2D eigenvalue weighted by Gasteiger charge is 2.36. The largest absolute Gasteiger partial charge is 0.223 e. The molecule has 76 valence electrons. The van der Waals surface area contributed by atoms with E-state index in [-0.39, 0.29) is 16.0 Å². The third-order valence-corrected chi connectivity index (χ3v) is 4.68. The van der Waals surface area contributed by atoms with Crippen molar-refractivity contribution < 1.29 is 12.8 Å². The molecule has 1 aromatic carbocycles. The summed E-state index contributed by atoms with van der Waals surface area (Å²) in [6, 6.07) is 3.96. The number of hydrogen-bond donors (Lipinski definition) is 0. The Morgan fingerprint density at radius 1 is 1.36 bits per heavy atom. The average molecular weight is 214 g/mol. The Kier molecular flexibility index (Phi) is 2.10. The summed E-state index contributed by atoms with van der Waals surface area (Å²) in [7, 11) is -3.17. The summed E-state index contributed by atoms with van der Waals surface area (Å²) < 4.78 is 36.4. The number of benzene rings is 1. The molecule has 1 aromatic rings. The Hall–Kier alpha value is -0.900. The molecule has 2 rings (SSSR count). The molecule has 1 aliphatic carbocycles. The van der Waals surface area contributed by atoms with Crippen LogP contribution in [0.2, 0.25) is 0 Å². The molecule has 0 aromatic heterocycles. The monoisotopic (exact) mass is 214 g/mol. The van der Waals surface area contributed by atoms with Crippen molar-refractivity contribution in [3.8, 4) is 0 Å². The molecule has 0 saturated heterocycles. The SMILES string of the molecule is Cc1cc(S(=O)(=O)C2CC2)ccc1F. The van der Waals surface area contributed by atoms with Gasteiger partial charge in [0.25, 0.3) is 0 Å². The molecule has 4 heteroatoms. The number of sulfone groups is 1. The first-order chi connectivity index (χ1) is 6.51. The van der Waals surface area contributed by atoms with Gasteiger partial charge in [0.05, 0.1) is 10.1 Å². The summed E-state index contributed by atoms with van der Waals surface area (Å²) >= 11 is 0. The molecule has 1 aliphatic rings. The zero-order valence-corrected chi connectivity index (χ0v) is 8.64. The van der Waals surface area contributed by atoms with E-state index in [1.54, 1.807) is 6.92 Å². The van der Waals surface area contributed by atoms with Crippen molar-refractivity contribution in [2.45, 2.75) is 29.9 Å². The van der Waals surface area contributed by atoms with Gasteiger partial charge in [-0.2, -0.15) is 0 Å². The number of hydrogen-bond acceptors (Lipinski definition) is 2. The molecule has 0 bridgehead atoms. The van der Waals surface area contributed by atoms with Crippen molar-refractivity contribution in [3.05, 3.63) is 29.6 Å². The van der Waals surface area contributed by atoms with Crippen LogP contribution in [0.25, 0.3) is 0 Å². The third-order valence-electron chi connectivity index (χ3n) is 2.42. The molecular weight excluding hydrogens is 203 g/mol. The highest BCUT2D eigenvalue weighted by Crippen LogP contribution is 2.33. The summed E-state index contributed by atoms with van der Waals surface area (Å²) in [4.78, 5) is 0.249. The van der Waals surface area contributed by atoms with Crippen LogP contribution >= 0.6 is 0 Å². The Labute approximate surface area is 82.7 Å². The van der Waals surface area contributed by atoms with E-state index in [2.05, 4.69) is 0 Å². The molecule has 0 atom stereocenters. The van der Waals surface area contributed by atoms with Gasteiger partial charge in [-0.25, -0.2) is 12.8 Å². The average Bonchev–Trinajstić information content (AvgIpc) is 2.92. The summed E-state index contributed by atoms with van der Waals surface area (Å²) in [5, 5.41) is -0.229. The number of rotatable bonds is 2. The van der Waals surface area contributed by atoms with Crippen molar-refractivity contribution in [1.82, 2.24) is 0 Å². The first-order valence-corrected chi connectivity index (χ1v) is 6.06. The minimum Gasteiger partial charge on any atom is -0.223 e. The van der Waals surface area contributed by atoms with Crippen LogP contribution in [0.4, 0.5) is 4.39 Å². The molecule has 1 fully saturated rings. The van der Waals surface area contributed by atoms with Crippen LogP contribution in [0, 0.1) is 12.7 Å². The zero-order valence-electron chi connectivity index (χ0n) is 7.83. The van der Waals surface area contributed by atoms with Gasteiger partial charge < -0.3 is 0 Å². The highest BCUT2D eigenvalue weighted by molar-refractivity contribution is 7.92. The molecule has 14 heavy (non-hydrogen) atoms. The number of aryl methyl sites for hydroxylation is 1. The van der Waals surface area contributed by atoms with Crippen LogP contribution in [-0.2, 0) is 9.84 Å². The predicted octanol–water partition coefficient (Wildman–Crippen LogP) is 2.07. The maximum absolute atomic E-state index is 12.9. The van der Waals surface area contributed by atoms with Gasteiger partial charge in [0.15, 0.2) is 9.84 Å². The van der Waals surface area contributed by atoms with Crippen LogP contribution in [0.3, 0.4) is 0 Å². The standard InChI is InChI=1S/C10H11FO2S/c1-7-6-9(4-5-10(7)11)14(12,13)8-2-3-8/h4-6,8H,2-3H2,1H3. The number of halogens is 1. The lowest BCUT2D eigenvalue weighted by Gasteiger charge is -2.03. The van der Waals surface area contributed by atoms with E-state index in [9.17, 15) is 12.8 Å². The van der Waals surface area contributed by atoms with Gasteiger partial charge in [0.2, 0.25) is 0 Å². The van der Waals surface area contributed by atoms with E-state index >= 15 is 0 Å². The fraction of sp³-hybridized carbons (Fsp3) is 0.400. The molecule has 0 unspecified atom stereocenters. The van der Waals surface area contributed by atoms with Crippen molar-refractivity contribution in [3.63, 3.8) is 0 Å². The lowest BCUT2D eigenvalue weighted by atomic mass is 10.2. The van der Waals surface area contributed by atoms with E-state index in [0.717, 1.165) is 12.8 Å². The zero-order chi connectivity index (χ0) is 10.3. The first-order valence-electron chi connectivity index (χ1n) is 4.52. The van der Waals surface area contributed by atoms with E-state index in [1.807, 2.05) is 0 Å². The van der Waals surface area contributed by atoms with Crippen LogP contribution in [-0.4, -0.2) is 13.7 Å². The third kappa shape index (κ3) is 1.54. The summed E-state index contributed by atoms with van der Waals surface area (Å²) in [5.41, 5.74) is 0.381. The van der Waals surface area contributed by atoms with Gasteiger partial charge in [-0.05, 0) is 43.5 Å². The molecule has 0 heterocycles. The van der Waals surface area contributed by atoms with E-state index < -0.39 is 9.84 Å². The lowest BCUT2D eigenvalue weighted by Crippen LogP contribution is -2.07. The summed E-state index contributed by atoms with van der Waals surface area (Å²) in [5.74, 6) is -0.361. The fourth-order valence-electron chi connectivity index (χ4n) is 1.36. The topological polar surface area (TPSA) is 34.1 Å². The molecular formula is C10H11FO2S.